The molecule has 0 atom stereocenters. The summed E-state index contributed by atoms with van der Waals surface area (Å²) in [6.45, 7) is -0.552. The highest BCUT2D eigenvalue weighted by Crippen LogP contribution is 2.19. The number of halogens is 1. The van der Waals surface area contributed by atoms with E-state index < -0.39 is 12.6 Å². The summed E-state index contributed by atoms with van der Waals surface area (Å²) >= 11 is 0. The lowest BCUT2D eigenvalue weighted by Crippen LogP contribution is -1.95. The number of alkyl halides is 1. The molecule has 0 amide bonds. The standard InChI is InChI=1S/C11H9FN2O2/c12-6-7-2-1-3-8(4-7)9-5-10(11(15)16)14-13-9/h1-5H,6H2,(H,13,14)(H,15,16). The number of carboxylic acids is 1. The Morgan fingerprint density at radius 1 is 1.44 bits per heavy atom. The number of rotatable bonds is 3. The molecule has 1 aromatic heterocycles. The molecule has 82 valence electrons. The minimum atomic E-state index is -1.07. The molecule has 0 fully saturated rings. The molecule has 0 bridgehead atoms. The summed E-state index contributed by atoms with van der Waals surface area (Å²) in [6, 6.07) is 8.18. The number of hydrogen-bond donors (Lipinski definition) is 2. The molecule has 0 spiro atoms. The molecule has 1 aromatic carbocycles. The van der Waals surface area contributed by atoms with Crippen molar-refractivity contribution in [3.05, 3.63) is 41.6 Å². The highest BCUT2D eigenvalue weighted by Gasteiger charge is 2.09. The zero-order chi connectivity index (χ0) is 11.5. The fourth-order valence-electron chi connectivity index (χ4n) is 1.39. The van der Waals surface area contributed by atoms with E-state index in [4.69, 9.17) is 5.11 Å². The summed E-state index contributed by atoms with van der Waals surface area (Å²) < 4.78 is 12.4. The fourth-order valence-corrected chi connectivity index (χ4v) is 1.39. The monoisotopic (exact) mass is 220 g/mol. The van der Waals surface area contributed by atoms with Gasteiger partial charge in [-0.15, -0.1) is 0 Å². The Bertz CT molecular complexity index is 522. The van der Waals surface area contributed by atoms with E-state index in [0.717, 1.165) is 0 Å². The Kier molecular flexibility index (Phi) is 2.68. The molecule has 2 aromatic rings. The number of aromatic carboxylic acids is 1. The van der Waals surface area contributed by atoms with Crippen LogP contribution < -0.4 is 0 Å². The number of aromatic nitrogens is 2. The van der Waals surface area contributed by atoms with Crippen molar-refractivity contribution >= 4 is 5.97 Å². The van der Waals surface area contributed by atoms with Crippen LogP contribution in [0.3, 0.4) is 0 Å². The smallest absolute Gasteiger partial charge is 0.353 e. The molecular weight excluding hydrogens is 211 g/mol. The predicted octanol–water partition coefficient (Wildman–Crippen LogP) is 2.24. The summed E-state index contributed by atoms with van der Waals surface area (Å²) in [5.41, 5.74) is 1.74. The van der Waals surface area contributed by atoms with Crippen LogP contribution in [0.5, 0.6) is 0 Å². The normalized spacial score (nSPS) is 10.3. The molecule has 0 aliphatic carbocycles. The van der Waals surface area contributed by atoms with Gasteiger partial charge in [-0.3, -0.25) is 5.10 Å². The quantitative estimate of drug-likeness (QED) is 0.833. The van der Waals surface area contributed by atoms with Crippen molar-refractivity contribution < 1.29 is 14.3 Å². The van der Waals surface area contributed by atoms with Gasteiger partial charge in [0.25, 0.3) is 0 Å². The SMILES string of the molecule is O=C(O)c1cc(-c2cccc(CF)c2)n[nH]1. The van der Waals surface area contributed by atoms with E-state index in [9.17, 15) is 9.18 Å². The maximum atomic E-state index is 12.4. The second-order valence-corrected chi connectivity index (χ2v) is 3.31. The van der Waals surface area contributed by atoms with E-state index in [1.54, 1.807) is 24.3 Å². The third-order valence-electron chi connectivity index (χ3n) is 2.19. The first-order chi connectivity index (χ1) is 7.70. The second kappa shape index (κ2) is 4.14. The van der Waals surface area contributed by atoms with Crippen molar-refractivity contribution in [1.82, 2.24) is 10.2 Å². The molecule has 2 N–H and O–H groups in total. The summed E-state index contributed by atoms with van der Waals surface area (Å²) in [5, 5.41) is 15.0. The topological polar surface area (TPSA) is 66.0 Å². The van der Waals surface area contributed by atoms with Crippen LogP contribution in [0.15, 0.2) is 30.3 Å². The number of aromatic amines is 1. The van der Waals surface area contributed by atoms with E-state index >= 15 is 0 Å². The van der Waals surface area contributed by atoms with Gasteiger partial charge in [-0.05, 0) is 17.7 Å². The Hall–Kier alpha value is -2.17. The summed E-state index contributed by atoms with van der Waals surface area (Å²) in [6.07, 6.45) is 0. The van der Waals surface area contributed by atoms with Gasteiger partial charge >= 0.3 is 5.97 Å². The molecule has 1 heterocycles. The number of H-pyrrole nitrogens is 1. The van der Waals surface area contributed by atoms with Gasteiger partial charge in [-0.1, -0.05) is 18.2 Å². The fraction of sp³-hybridized carbons (Fsp3) is 0.0909. The first-order valence-corrected chi connectivity index (χ1v) is 4.64. The molecule has 0 saturated carbocycles. The van der Waals surface area contributed by atoms with Crippen LogP contribution in [0.25, 0.3) is 11.3 Å². The van der Waals surface area contributed by atoms with Crippen LogP contribution in [0.4, 0.5) is 4.39 Å². The maximum absolute atomic E-state index is 12.4. The lowest BCUT2D eigenvalue weighted by atomic mass is 10.1. The highest BCUT2D eigenvalue weighted by atomic mass is 19.1. The summed E-state index contributed by atoms with van der Waals surface area (Å²) in [4.78, 5) is 10.6. The first-order valence-electron chi connectivity index (χ1n) is 4.64. The van der Waals surface area contributed by atoms with Gasteiger partial charge < -0.3 is 5.11 Å². The second-order valence-electron chi connectivity index (χ2n) is 3.31. The molecule has 4 nitrogen and oxygen atoms in total. The molecule has 2 rings (SSSR count). The number of nitrogens with one attached hydrogen (secondary N) is 1. The van der Waals surface area contributed by atoms with Gasteiger partial charge in [0.05, 0.1) is 5.69 Å². The van der Waals surface area contributed by atoms with Crippen molar-refractivity contribution in [3.63, 3.8) is 0 Å². The van der Waals surface area contributed by atoms with Gasteiger partial charge in [0.2, 0.25) is 0 Å². The summed E-state index contributed by atoms with van der Waals surface area (Å²) in [7, 11) is 0. The van der Waals surface area contributed by atoms with Gasteiger partial charge in [0.15, 0.2) is 0 Å². The molecule has 5 heteroatoms. The van der Waals surface area contributed by atoms with Crippen LogP contribution >= 0.6 is 0 Å². The number of benzene rings is 1. The Balaban J connectivity index is 2.38. The summed E-state index contributed by atoms with van der Waals surface area (Å²) in [5.74, 6) is -1.07. The number of carbonyl (C=O) groups is 1. The lowest BCUT2D eigenvalue weighted by Gasteiger charge is -1.98. The minimum absolute atomic E-state index is 0.0145. The van der Waals surface area contributed by atoms with E-state index in [2.05, 4.69) is 10.2 Å². The van der Waals surface area contributed by atoms with E-state index in [1.165, 1.54) is 6.07 Å². The molecule has 16 heavy (non-hydrogen) atoms. The van der Waals surface area contributed by atoms with Crippen molar-refractivity contribution in [1.29, 1.82) is 0 Å². The van der Waals surface area contributed by atoms with Crippen LogP contribution in [0, 0.1) is 0 Å². The van der Waals surface area contributed by atoms with Gasteiger partial charge in [0, 0.05) is 5.56 Å². The Morgan fingerprint density at radius 3 is 2.88 bits per heavy atom. The minimum Gasteiger partial charge on any atom is -0.477 e. The molecule has 0 aliphatic rings. The number of carboxylic acid groups (broad SMARTS) is 1. The van der Waals surface area contributed by atoms with Crippen molar-refractivity contribution in [2.75, 3.05) is 0 Å². The molecule has 0 saturated heterocycles. The van der Waals surface area contributed by atoms with E-state index in [0.29, 0.717) is 16.8 Å². The third kappa shape index (κ3) is 1.93. The Labute approximate surface area is 90.7 Å². The predicted molar refractivity (Wildman–Crippen MR) is 55.8 cm³/mol. The van der Waals surface area contributed by atoms with E-state index in [1.807, 2.05) is 0 Å². The first kappa shape index (κ1) is 10.4. The van der Waals surface area contributed by atoms with Crippen molar-refractivity contribution in [2.24, 2.45) is 0 Å². The van der Waals surface area contributed by atoms with Gasteiger partial charge in [-0.25, -0.2) is 9.18 Å². The lowest BCUT2D eigenvalue weighted by molar-refractivity contribution is 0.0690. The number of nitrogens with zero attached hydrogens (tertiary/aromatic N) is 1. The van der Waals surface area contributed by atoms with Crippen LogP contribution in [0.2, 0.25) is 0 Å². The van der Waals surface area contributed by atoms with Crippen molar-refractivity contribution in [2.45, 2.75) is 6.67 Å². The van der Waals surface area contributed by atoms with Crippen LogP contribution in [-0.2, 0) is 6.67 Å². The van der Waals surface area contributed by atoms with Crippen LogP contribution in [0.1, 0.15) is 16.1 Å². The zero-order valence-corrected chi connectivity index (χ0v) is 8.27. The van der Waals surface area contributed by atoms with E-state index in [-0.39, 0.29) is 5.69 Å². The van der Waals surface area contributed by atoms with Crippen molar-refractivity contribution in [3.8, 4) is 11.3 Å². The maximum Gasteiger partial charge on any atom is 0.353 e. The molecule has 0 radical (unpaired) electrons. The average Bonchev–Trinajstić information content (AvgIpc) is 2.78. The van der Waals surface area contributed by atoms with Crippen LogP contribution in [-0.4, -0.2) is 21.3 Å². The molecule has 0 aliphatic heterocycles. The highest BCUT2D eigenvalue weighted by molar-refractivity contribution is 5.86. The van der Waals surface area contributed by atoms with Gasteiger partial charge in [-0.2, -0.15) is 5.10 Å². The van der Waals surface area contributed by atoms with Gasteiger partial charge in [0.1, 0.15) is 12.4 Å². The molecule has 0 unspecified atom stereocenters. The zero-order valence-electron chi connectivity index (χ0n) is 8.27. The third-order valence-corrected chi connectivity index (χ3v) is 2.19. The Morgan fingerprint density at radius 2 is 2.25 bits per heavy atom. The average molecular weight is 220 g/mol. The largest absolute Gasteiger partial charge is 0.477 e. The molecular formula is C11H9FN2O2. The number of hydrogen-bond acceptors (Lipinski definition) is 2.